The molecule has 11 heteroatoms. The fourth-order valence-electron chi connectivity index (χ4n) is 3.74. The smallest absolute Gasteiger partial charge is 0.341 e. The summed E-state index contributed by atoms with van der Waals surface area (Å²) in [4.78, 5) is 62.8. The molecule has 2 amide bonds. The van der Waals surface area contributed by atoms with Crippen LogP contribution in [-0.4, -0.2) is 42.7 Å². The zero-order valence-electron chi connectivity index (χ0n) is 21.5. The van der Waals surface area contributed by atoms with Gasteiger partial charge in [-0.2, -0.15) is 0 Å². The zero-order chi connectivity index (χ0) is 28.5. The fourth-order valence-corrected chi connectivity index (χ4v) is 5.07. The summed E-state index contributed by atoms with van der Waals surface area (Å²) in [5.74, 6) is -2.86. The van der Waals surface area contributed by atoms with Gasteiger partial charge in [-0.05, 0) is 44.0 Å². The van der Waals surface area contributed by atoms with Gasteiger partial charge in [-0.15, -0.1) is 11.3 Å². The molecule has 0 spiro atoms. The van der Waals surface area contributed by atoms with Crippen LogP contribution in [0.25, 0.3) is 0 Å². The average Bonchev–Trinajstić information content (AvgIpc) is 3.23. The Hall–Kier alpha value is -4.02. The van der Waals surface area contributed by atoms with Crippen molar-refractivity contribution in [1.82, 2.24) is 5.32 Å². The molecule has 0 bridgehead atoms. The van der Waals surface area contributed by atoms with Crippen molar-refractivity contribution < 1.29 is 33.4 Å². The van der Waals surface area contributed by atoms with Gasteiger partial charge in [0.05, 0.1) is 40.1 Å². The molecule has 9 nitrogen and oxygen atoms in total. The van der Waals surface area contributed by atoms with Crippen LogP contribution in [0.5, 0.6) is 0 Å². The average molecular weight is 571 g/mol. The van der Waals surface area contributed by atoms with Crippen molar-refractivity contribution in [2.75, 3.05) is 18.5 Å². The van der Waals surface area contributed by atoms with Gasteiger partial charge in [0.2, 0.25) is 0 Å². The molecular weight excluding hydrogens is 544 g/mol. The molecule has 0 aliphatic rings. The summed E-state index contributed by atoms with van der Waals surface area (Å²) in [6.07, 6.45) is -0.256. The van der Waals surface area contributed by atoms with Gasteiger partial charge in [-0.3, -0.25) is 19.2 Å². The van der Waals surface area contributed by atoms with Crippen LogP contribution in [-0.2, 0) is 19.1 Å². The van der Waals surface area contributed by atoms with E-state index in [2.05, 4.69) is 10.6 Å². The number of rotatable bonds is 11. The van der Waals surface area contributed by atoms with Gasteiger partial charge in [-0.25, -0.2) is 4.79 Å². The van der Waals surface area contributed by atoms with Crippen LogP contribution in [0, 0.1) is 6.92 Å². The van der Waals surface area contributed by atoms with Gasteiger partial charge in [0.1, 0.15) is 5.00 Å². The van der Waals surface area contributed by atoms with Crippen molar-refractivity contribution in [3.05, 3.63) is 86.8 Å². The molecule has 0 fully saturated rings. The Bertz CT molecular complexity index is 1390. The highest BCUT2D eigenvalue weighted by molar-refractivity contribution is 7.18. The van der Waals surface area contributed by atoms with Gasteiger partial charge in [0.25, 0.3) is 11.8 Å². The van der Waals surface area contributed by atoms with E-state index in [4.69, 9.17) is 21.1 Å². The van der Waals surface area contributed by atoms with E-state index in [9.17, 15) is 24.0 Å². The van der Waals surface area contributed by atoms with Crippen LogP contribution >= 0.6 is 22.9 Å². The Morgan fingerprint density at radius 2 is 1.64 bits per heavy atom. The van der Waals surface area contributed by atoms with Gasteiger partial charge < -0.3 is 20.1 Å². The molecule has 0 saturated heterocycles. The van der Waals surface area contributed by atoms with Crippen molar-refractivity contribution in [3.63, 3.8) is 0 Å². The number of amides is 2. The number of thiophene rings is 1. The van der Waals surface area contributed by atoms with E-state index in [1.54, 1.807) is 68.4 Å². The number of ether oxygens (including phenoxy) is 2. The van der Waals surface area contributed by atoms with E-state index >= 15 is 0 Å². The van der Waals surface area contributed by atoms with E-state index in [-0.39, 0.29) is 40.0 Å². The lowest BCUT2D eigenvalue weighted by atomic mass is 10.0. The minimum absolute atomic E-state index is 0.0816. The van der Waals surface area contributed by atoms with E-state index in [0.717, 1.165) is 11.3 Å². The zero-order valence-corrected chi connectivity index (χ0v) is 23.1. The normalized spacial score (nSPS) is 11.3. The van der Waals surface area contributed by atoms with Gasteiger partial charge >= 0.3 is 11.9 Å². The van der Waals surface area contributed by atoms with Crippen LogP contribution < -0.4 is 10.6 Å². The first kappa shape index (κ1) is 29.5. The Labute approximate surface area is 234 Å². The number of anilines is 1. The second kappa shape index (κ2) is 13.7. The minimum Gasteiger partial charge on any atom is -0.462 e. The first-order valence-corrected chi connectivity index (χ1v) is 13.2. The van der Waals surface area contributed by atoms with Gasteiger partial charge in [-0.1, -0.05) is 54.1 Å². The standard InChI is InChI=1S/C28H27ClN2O7S/c1-4-37-28(36)24-16(2)25(17(3)32)39-27(24)31-22(33)15-38-23(34)14-21(18-10-6-5-7-11-18)30-26(35)19-12-8-9-13-20(19)29/h5-13,21H,4,14-15H2,1-3H3,(H,30,35)(H,31,33)/t21-/m0/s1. The number of halogens is 1. The Morgan fingerprint density at radius 3 is 2.28 bits per heavy atom. The van der Waals surface area contributed by atoms with Crippen LogP contribution in [0.4, 0.5) is 5.00 Å². The number of carbonyl (C=O) groups is 5. The van der Waals surface area contributed by atoms with Crippen molar-refractivity contribution in [3.8, 4) is 0 Å². The second-order valence-electron chi connectivity index (χ2n) is 8.37. The minimum atomic E-state index is -0.751. The summed E-state index contributed by atoms with van der Waals surface area (Å²) in [5, 5.41) is 5.72. The van der Waals surface area contributed by atoms with Crippen LogP contribution in [0.2, 0.25) is 5.02 Å². The van der Waals surface area contributed by atoms with Crippen LogP contribution in [0.3, 0.4) is 0 Å². The Morgan fingerprint density at radius 1 is 0.974 bits per heavy atom. The molecular formula is C28H27ClN2O7S. The molecule has 0 aliphatic carbocycles. The highest BCUT2D eigenvalue weighted by Gasteiger charge is 2.26. The summed E-state index contributed by atoms with van der Waals surface area (Å²) < 4.78 is 10.2. The third kappa shape index (κ3) is 7.75. The maximum Gasteiger partial charge on any atom is 0.341 e. The highest BCUT2D eigenvalue weighted by atomic mass is 35.5. The quantitative estimate of drug-likeness (QED) is 0.241. The molecule has 0 unspecified atom stereocenters. The lowest BCUT2D eigenvalue weighted by Gasteiger charge is -2.19. The molecule has 1 heterocycles. The van der Waals surface area contributed by atoms with Gasteiger partial charge in [0, 0.05) is 0 Å². The van der Waals surface area contributed by atoms with Crippen molar-refractivity contribution >= 4 is 57.5 Å². The lowest BCUT2D eigenvalue weighted by molar-refractivity contribution is -0.147. The fraction of sp³-hybridized carbons (Fsp3) is 0.250. The summed E-state index contributed by atoms with van der Waals surface area (Å²) >= 11 is 7.08. The largest absolute Gasteiger partial charge is 0.462 e. The molecule has 204 valence electrons. The molecule has 0 radical (unpaired) electrons. The SMILES string of the molecule is CCOC(=O)c1c(NC(=O)COC(=O)C[C@H](NC(=O)c2ccccc2Cl)c2ccccc2)sc(C(C)=O)c1C. The number of hydrogen-bond acceptors (Lipinski definition) is 8. The molecule has 0 saturated carbocycles. The number of hydrogen-bond donors (Lipinski definition) is 2. The molecule has 3 aromatic rings. The highest BCUT2D eigenvalue weighted by Crippen LogP contribution is 2.34. The molecule has 0 aliphatic heterocycles. The molecule has 1 atom stereocenters. The van der Waals surface area contributed by atoms with E-state index < -0.39 is 36.4 Å². The summed E-state index contributed by atoms with van der Waals surface area (Å²) in [7, 11) is 0. The van der Waals surface area contributed by atoms with Crippen molar-refractivity contribution in [1.29, 1.82) is 0 Å². The third-order valence-corrected chi connectivity index (χ3v) is 7.20. The Kier molecular flexibility index (Phi) is 10.4. The van der Waals surface area contributed by atoms with E-state index in [1.807, 2.05) is 0 Å². The number of ketones is 1. The van der Waals surface area contributed by atoms with Crippen LogP contribution in [0.15, 0.2) is 54.6 Å². The number of esters is 2. The maximum atomic E-state index is 12.8. The van der Waals surface area contributed by atoms with Crippen molar-refractivity contribution in [2.24, 2.45) is 0 Å². The number of Topliss-reactive ketones (excluding diaryl/α,β-unsaturated/α-hetero) is 1. The first-order valence-electron chi connectivity index (χ1n) is 12.0. The Balaban J connectivity index is 1.68. The summed E-state index contributed by atoms with van der Waals surface area (Å²) in [6, 6.07) is 14.6. The monoisotopic (exact) mass is 570 g/mol. The third-order valence-electron chi connectivity index (χ3n) is 5.56. The van der Waals surface area contributed by atoms with Crippen LogP contribution in [0.1, 0.15) is 67.8 Å². The molecule has 39 heavy (non-hydrogen) atoms. The molecule has 2 N–H and O–H groups in total. The topological polar surface area (TPSA) is 128 Å². The maximum absolute atomic E-state index is 12.8. The predicted octanol–water partition coefficient (Wildman–Crippen LogP) is 5.13. The molecule has 3 rings (SSSR count). The van der Waals surface area contributed by atoms with Crippen molar-refractivity contribution in [2.45, 2.75) is 33.2 Å². The number of benzene rings is 2. The second-order valence-corrected chi connectivity index (χ2v) is 9.79. The summed E-state index contributed by atoms with van der Waals surface area (Å²) in [6.45, 7) is 4.06. The first-order chi connectivity index (χ1) is 18.6. The molecule has 2 aromatic carbocycles. The lowest BCUT2D eigenvalue weighted by Crippen LogP contribution is -2.31. The molecule has 1 aromatic heterocycles. The van der Waals surface area contributed by atoms with Gasteiger partial charge in [0.15, 0.2) is 12.4 Å². The van der Waals surface area contributed by atoms with E-state index in [0.29, 0.717) is 16.0 Å². The summed E-state index contributed by atoms with van der Waals surface area (Å²) in [5.41, 5.74) is 1.39. The van der Waals surface area contributed by atoms with E-state index in [1.165, 1.54) is 6.92 Å². The number of nitrogens with one attached hydrogen (secondary N) is 2. The number of carbonyl (C=O) groups excluding carboxylic acids is 5. The predicted molar refractivity (Wildman–Crippen MR) is 147 cm³/mol.